The Morgan fingerprint density at radius 3 is 0.850 bits per heavy atom. The number of hydrogen-bond acceptors (Lipinski definition) is 2. The fraction of sp³-hybridized carbons (Fsp3) is 0.162. The van der Waals surface area contributed by atoms with Crippen molar-refractivity contribution in [2.75, 3.05) is 0 Å². The van der Waals surface area contributed by atoms with Crippen LogP contribution < -0.4 is 0 Å². The molecular formula is C74H58BrN5. The van der Waals surface area contributed by atoms with E-state index in [1.807, 2.05) is 36.4 Å². The second kappa shape index (κ2) is 21.0. The van der Waals surface area contributed by atoms with Gasteiger partial charge in [0.2, 0.25) is 0 Å². The molecule has 2 aliphatic carbocycles. The number of nitriles is 2. The van der Waals surface area contributed by atoms with E-state index in [0.29, 0.717) is 34.8 Å². The first kappa shape index (κ1) is 49.4. The lowest BCUT2D eigenvalue weighted by Gasteiger charge is -2.32. The van der Waals surface area contributed by atoms with Crippen LogP contribution in [0.3, 0.4) is 0 Å². The van der Waals surface area contributed by atoms with Gasteiger partial charge < -0.3 is 13.7 Å². The first-order chi connectivity index (χ1) is 39.5. The topological polar surface area (TPSA) is 62.4 Å². The number of rotatable bonds is 7. The van der Waals surface area contributed by atoms with Crippen LogP contribution in [-0.4, -0.2) is 13.7 Å². The van der Waals surface area contributed by atoms with E-state index in [2.05, 4.69) is 236 Å². The van der Waals surface area contributed by atoms with Crippen molar-refractivity contribution >= 4 is 81.3 Å². The Balaban J connectivity index is 0.000000156. The molecule has 0 saturated heterocycles. The number of benzene rings is 10. The Kier molecular flexibility index (Phi) is 13.0. The monoisotopic (exact) mass is 1100 g/mol. The van der Waals surface area contributed by atoms with Crippen molar-refractivity contribution in [2.24, 2.45) is 0 Å². The Morgan fingerprint density at radius 2 is 0.562 bits per heavy atom. The summed E-state index contributed by atoms with van der Waals surface area (Å²) in [5.41, 5.74) is 17.6. The quantitative estimate of drug-likeness (QED) is 0.160. The molecule has 5 nitrogen and oxygen atoms in total. The molecule has 10 aromatic carbocycles. The Bertz CT molecular complexity index is 4350. The molecule has 80 heavy (non-hydrogen) atoms. The molecular weight excluding hydrogens is 1040 g/mol. The van der Waals surface area contributed by atoms with Crippen molar-refractivity contribution in [1.82, 2.24) is 13.7 Å². The fourth-order valence-electron chi connectivity index (χ4n) is 14.0. The van der Waals surface area contributed by atoms with Crippen LogP contribution in [0.4, 0.5) is 0 Å². The summed E-state index contributed by atoms with van der Waals surface area (Å²) in [7, 11) is 0. The Labute approximate surface area is 475 Å². The number of para-hydroxylation sites is 4. The SMILES string of the molecule is Brc1ccc(C2CCCC[C@@H]2c2ccc(-n3c4ccccc4c4ccccc43)cc2)cc1.N#Cc1ccc2c(c1)c1cc(C#N)ccc1n2-c1ccc(C2CCCC[C@@H]2c2ccc(-n3c4ccccc4c4ccccc43)cc2)cc1. The van der Waals surface area contributed by atoms with Gasteiger partial charge in [-0.2, -0.15) is 10.5 Å². The van der Waals surface area contributed by atoms with Gasteiger partial charge in [0.25, 0.3) is 0 Å². The van der Waals surface area contributed by atoms with E-state index in [-0.39, 0.29) is 0 Å². The van der Waals surface area contributed by atoms with Crippen LogP contribution in [0.5, 0.6) is 0 Å². The molecule has 0 amide bonds. The summed E-state index contributed by atoms with van der Waals surface area (Å²) in [6.07, 6.45) is 10.1. The fourth-order valence-corrected chi connectivity index (χ4v) is 14.3. The summed E-state index contributed by atoms with van der Waals surface area (Å²) >= 11 is 3.59. The van der Waals surface area contributed by atoms with Crippen LogP contribution in [0.2, 0.25) is 0 Å². The summed E-state index contributed by atoms with van der Waals surface area (Å²) in [4.78, 5) is 0. The highest BCUT2D eigenvalue weighted by Gasteiger charge is 2.30. The molecule has 0 spiro atoms. The van der Waals surface area contributed by atoms with Crippen LogP contribution in [0, 0.1) is 22.7 Å². The number of hydrogen-bond donors (Lipinski definition) is 0. The normalized spacial score (nSPS) is 17.4. The van der Waals surface area contributed by atoms with Gasteiger partial charge in [0.1, 0.15) is 0 Å². The van der Waals surface area contributed by atoms with Crippen LogP contribution in [0.1, 0.15) is 108 Å². The second-order valence-electron chi connectivity index (χ2n) is 22.1. The lowest BCUT2D eigenvalue weighted by atomic mass is 9.72. The molecule has 0 N–H and O–H groups in total. The van der Waals surface area contributed by atoms with Gasteiger partial charge in [-0.15, -0.1) is 0 Å². The summed E-state index contributed by atoms with van der Waals surface area (Å²) in [6, 6.07) is 87.8. The molecule has 15 rings (SSSR count). The van der Waals surface area contributed by atoms with E-state index in [1.165, 1.54) is 129 Å². The third-order valence-electron chi connectivity index (χ3n) is 17.8. The van der Waals surface area contributed by atoms with Crippen LogP contribution in [0.25, 0.3) is 82.5 Å². The molecule has 6 heteroatoms. The lowest BCUT2D eigenvalue weighted by Crippen LogP contribution is -2.16. The van der Waals surface area contributed by atoms with Crippen molar-refractivity contribution in [1.29, 1.82) is 10.5 Å². The number of aromatic nitrogens is 3. The molecule has 0 radical (unpaired) electrons. The summed E-state index contributed by atoms with van der Waals surface area (Å²) in [5, 5.41) is 26.3. The zero-order valence-electron chi connectivity index (χ0n) is 44.5. The third kappa shape index (κ3) is 8.76. The second-order valence-corrected chi connectivity index (χ2v) is 23.0. The third-order valence-corrected chi connectivity index (χ3v) is 18.3. The molecule has 2 fully saturated rings. The van der Waals surface area contributed by atoms with E-state index in [0.717, 1.165) is 32.0 Å². The maximum Gasteiger partial charge on any atom is 0.0991 e. The van der Waals surface area contributed by atoms with Gasteiger partial charge in [-0.1, -0.05) is 163 Å². The maximum absolute atomic E-state index is 9.57. The van der Waals surface area contributed by atoms with Crippen LogP contribution >= 0.6 is 15.9 Å². The Morgan fingerprint density at radius 1 is 0.300 bits per heavy atom. The highest BCUT2D eigenvalue weighted by molar-refractivity contribution is 9.10. The molecule has 3 aromatic heterocycles. The number of nitrogens with zero attached hydrogens (tertiary/aromatic N) is 5. The average Bonchev–Trinajstić information content (AvgIpc) is 4.23. The lowest BCUT2D eigenvalue weighted by molar-refractivity contribution is 0.386. The van der Waals surface area contributed by atoms with Gasteiger partial charge in [-0.25, -0.2) is 0 Å². The van der Waals surface area contributed by atoms with Crippen molar-refractivity contribution in [3.63, 3.8) is 0 Å². The Hall–Kier alpha value is -8.94. The predicted molar refractivity (Wildman–Crippen MR) is 334 cm³/mol. The molecule has 0 aliphatic heterocycles. The molecule has 4 atom stereocenters. The minimum absolute atomic E-state index is 0.460. The molecule has 386 valence electrons. The zero-order valence-corrected chi connectivity index (χ0v) is 46.1. The maximum atomic E-state index is 9.57. The van der Waals surface area contributed by atoms with E-state index in [1.54, 1.807) is 0 Å². The predicted octanol–water partition coefficient (Wildman–Crippen LogP) is 20.1. The molecule has 0 bridgehead atoms. The minimum atomic E-state index is 0.460. The van der Waals surface area contributed by atoms with Gasteiger partial charge >= 0.3 is 0 Å². The average molecular weight is 1100 g/mol. The molecule has 2 aliphatic rings. The first-order valence-corrected chi connectivity index (χ1v) is 29.2. The van der Waals surface area contributed by atoms with Crippen molar-refractivity contribution in [3.05, 3.63) is 268 Å². The largest absolute Gasteiger partial charge is 0.309 e. The summed E-state index contributed by atoms with van der Waals surface area (Å²) in [5.74, 6) is 2.13. The van der Waals surface area contributed by atoms with E-state index in [4.69, 9.17) is 0 Å². The van der Waals surface area contributed by atoms with Crippen LogP contribution in [0.15, 0.2) is 235 Å². The number of halogens is 1. The zero-order chi connectivity index (χ0) is 53.7. The van der Waals surface area contributed by atoms with Crippen molar-refractivity contribution < 1.29 is 0 Å². The van der Waals surface area contributed by atoms with Gasteiger partial charge in [0.05, 0.1) is 56.4 Å². The van der Waals surface area contributed by atoms with Gasteiger partial charge in [-0.3, -0.25) is 0 Å². The summed E-state index contributed by atoms with van der Waals surface area (Å²) < 4.78 is 8.20. The molecule has 13 aromatic rings. The van der Waals surface area contributed by atoms with Gasteiger partial charge in [0.15, 0.2) is 0 Å². The van der Waals surface area contributed by atoms with Crippen molar-refractivity contribution in [2.45, 2.75) is 75.0 Å². The van der Waals surface area contributed by atoms with Gasteiger partial charge in [-0.05, 0) is 181 Å². The van der Waals surface area contributed by atoms with E-state index < -0.39 is 0 Å². The van der Waals surface area contributed by atoms with E-state index in [9.17, 15) is 10.5 Å². The van der Waals surface area contributed by atoms with Crippen molar-refractivity contribution in [3.8, 4) is 29.2 Å². The highest BCUT2D eigenvalue weighted by Crippen LogP contribution is 2.47. The van der Waals surface area contributed by atoms with Gasteiger partial charge in [0, 0.05) is 53.9 Å². The van der Waals surface area contributed by atoms with Crippen LogP contribution in [-0.2, 0) is 0 Å². The summed E-state index contributed by atoms with van der Waals surface area (Å²) in [6.45, 7) is 0. The smallest absolute Gasteiger partial charge is 0.0991 e. The highest BCUT2D eigenvalue weighted by atomic mass is 79.9. The first-order valence-electron chi connectivity index (χ1n) is 28.4. The molecule has 2 saturated carbocycles. The number of fused-ring (bicyclic) bond motifs is 9. The van der Waals surface area contributed by atoms with E-state index >= 15 is 0 Å². The molecule has 2 unspecified atom stereocenters. The minimum Gasteiger partial charge on any atom is -0.309 e. The molecule has 3 heterocycles. The standard InChI is InChI=1S/C44H32N4.C30H26BrN/c45-27-29-13-23-43-39(25-29)40-26-30(28-46)14-24-44(40)48(43)34-21-17-32(18-22-34)36-8-2-1-7-35(36)31-15-19-33(20-16-31)47-41-11-5-3-9-37(41)38-10-4-6-12-42(38)47;31-23-17-13-21(14-18-23)25-7-1-2-8-26(25)22-15-19-24(20-16-22)32-29-11-5-3-9-27(29)28-10-4-6-12-30(28)32/h3-6,9-26,35-36H,1-2,7-8H2;3-6,9-20,25-26H,1-2,7-8H2/t35-,36?;25?,26-/m11/s1.